The second kappa shape index (κ2) is 8.28. The van der Waals surface area contributed by atoms with Crippen molar-refractivity contribution in [3.8, 4) is 6.07 Å². The summed E-state index contributed by atoms with van der Waals surface area (Å²) in [5.74, 6) is 0.750. The van der Waals surface area contributed by atoms with E-state index in [2.05, 4.69) is 11.4 Å². The molecule has 0 amide bonds. The lowest BCUT2D eigenvalue weighted by Crippen LogP contribution is -2.48. The fourth-order valence-corrected chi connectivity index (χ4v) is 7.40. The lowest BCUT2D eigenvalue weighted by molar-refractivity contribution is 0.144. The van der Waals surface area contributed by atoms with Crippen LogP contribution in [0.3, 0.4) is 0 Å². The maximum atomic E-state index is 13.1. The summed E-state index contributed by atoms with van der Waals surface area (Å²) in [6, 6.07) is 5.36. The number of fused-ring (bicyclic) bond motifs is 1. The van der Waals surface area contributed by atoms with Crippen LogP contribution in [0.25, 0.3) is 0 Å². The first kappa shape index (κ1) is 26.2. The standard InChI is InChI=1S/C24H27F5N4O2S2/c25-37(26,27,28,29)18-4-2-16(3-5-18)17-6-11-33(12-7-17)23-19(14-30)21(32-24(15-34)9-1-10-24)22-20(31-23)8-13-36(22)35/h2-5,17,34H,1,6-13,15H2,(H,31,32)/t36-/m0/s1. The third-order valence-corrected chi connectivity index (χ3v) is 10.3. The zero-order valence-electron chi connectivity index (χ0n) is 19.9. The largest absolute Gasteiger partial charge is 0.394 e. The SMILES string of the molecule is N#Cc1c(N2CCC(c3ccc(S(F)(F)(F)(F)F)cc3)CC2)nc2c(c1NC1(CO)CCC1)[S@@](=O)CC2. The molecule has 2 fully saturated rings. The Morgan fingerprint density at radius 2 is 1.81 bits per heavy atom. The molecule has 1 saturated heterocycles. The number of nitrogens with zero attached hydrogens (tertiary/aromatic N) is 3. The number of aromatic nitrogens is 1. The molecule has 0 radical (unpaired) electrons. The van der Waals surface area contributed by atoms with E-state index in [9.17, 15) is 34.0 Å². The van der Waals surface area contributed by atoms with Crippen LogP contribution in [-0.2, 0) is 17.2 Å². The summed E-state index contributed by atoms with van der Waals surface area (Å²) in [5.41, 5.74) is 1.41. The maximum Gasteiger partial charge on any atom is 0.310 e. The molecule has 1 aliphatic carbocycles. The molecule has 37 heavy (non-hydrogen) atoms. The van der Waals surface area contributed by atoms with Crippen molar-refractivity contribution < 1.29 is 28.7 Å². The number of nitriles is 1. The number of pyridine rings is 1. The number of halogens is 5. The lowest BCUT2D eigenvalue weighted by Gasteiger charge is -2.43. The van der Waals surface area contributed by atoms with Crippen LogP contribution in [0.2, 0.25) is 0 Å². The Hall–Kier alpha value is -2.43. The summed E-state index contributed by atoms with van der Waals surface area (Å²) in [7, 11) is -11.0. The Balaban J connectivity index is 1.40. The molecule has 5 rings (SSSR count). The molecule has 2 aromatic rings. The van der Waals surface area contributed by atoms with E-state index in [1.165, 1.54) is 0 Å². The predicted molar refractivity (Wildman–Crippen MR) is 133 cm³/mol. The summed E-state index contributed by atoms with van der Waals surface area (Å²) in [6.07, 6.45) is 3.99. The zero-order chi connectivity index (χ0) is 26.7. The molecule has 1 aromatic carbocycles. The van der Waals surface area contributed by atoms with E-state index in [1.54, 1.807) is 0 Å². The quantitative estimate of drug-likeness (QED) is 0.421. The highest BCUT2D eigenvalue weighted by molar-refractivity contribution is 8.45. The van der Waals surface area contributed by atoms with E-state index < -0.39 is 31.5 Å². The number of hydrogen-bond donors (Lipinski definition) is 2. The van der Waals surface area contributed by atoms with Gasteiger partial charge in [-0.2, -0.15) is 5.26 Å². The minimum Gasteiger partial charge on any atom is -0.394 e. The van der Waals surface area contributed by atoms with Gasteiger partial charge in [0.2, 0.25) is 0 Å². The van der Waals surface area contributed by atoms with Gasteiger partial charge in [0, 0.05) is 25.3 Å². The molecule has 13 heteroatoms. The normalized spacial score (nSPS) is 23.4. The van der Waals surface area contributed by atoms with E-state index in [0.29, 0.717) is 77.9 Å². The number of aliphatic hydroxyl groups is 1. The number of benzene rings is 1. The minimum absolute atomic E-state index is 0.108. The van der Waals surface area contributed by atoms with Crippen molar-refractivity contribution in [3.05, 3.63) is 41.1 Å². The second-order valence-corrected chi connectivity index (χ2v) is 14.0. The van der Waals surface area contributed by atoms with Gasteiger partial charge in [0.1, 0.15) is 22.3 Å². The van der Waals surface area contributed by atoms with Gasteiger partial charge in [0.25, 0.3) is 0 Å². The van der Waals surface area contributed by atoms with Crippen molar-refractivity contribution in [2.75, 3.05) is 35.7 Å². The Morgan fingerprint density at radius 3 is 2.32 bits per heavy atom. The number of anilines is 2. The number of aliphatic hydroxyl groups excluding tert-OH is 1. The van der Waals surface area contributed by atoms with Crippen LogP contribution in [0, 0.1) is 11.3 Å². The molecule has 2 N–H and O–H groups in total. The van der Waals surface area contributed by atoms with Gasteiger partial charge in [-0.3, -0.25) is 4.21 Å². The molecule has 3 aliphatic rings. The average Bonchev–Trinajstić information content (AvgIpc) is 3.20. The van der Waals surface area contributed by atoms with E-state index in [0.717, 1.165) is 31.4 Å². The minimum atomic E-state index is -9.71. The highest BCUT2D eigenvalue weighted by Gasteiger charge is 2.65. The molecule has 1 saturated carbocycles. The van der Waals surface area contributed by atoms with Crippen molar-refractivity contribution >= 4 is 32.5 Å². The molecular formula is C24H27F5N4O2S2. The van der Waals surface area contributed by atoms with Gasteiger partial charge in [-0.15, -0.1) is 0 Å². The maximum absolute atomic E-state index is 13.1. The topological polar surface area (TPSA) is 89.2 Å². The van der Waals surface area contributed by atoms with Crippen LogP contribution in [-0.4, -0.2) is 45.3 Å². The highest BCUT2D eigenvalue weighted by atomic mass is 32.5. The highest BCUT2D eigenvalue weighted by Crippen LogP contribution is 3.02. The number of aryl methyl sites for hydroxylation is 1. The summed E-state index contributed by atoms with van der Waals surface area (Å²) < 4.78 is 78.1. The fourth-order valence-electron chi connectivity index (χ4n) is 5.38. The van der Waals surface area contributed by atoms with Crippen LogP contribution in [0.4, 0.5) is 30.9 Å². The first-order valence-corrected chi connectivity index (χ1v) is 15.3. The number of rotatable bonds is 6. The number of hydrogen-bond acceptors (Lipinski definition) is 6. The van der Waals surface area contributed by atoms with Gasteiger partial charge >= 0.3 is 10.2 Å². The van der Waals surface area contributed by atoms with Crippen molar-refractivity contribution in [1.82, 2.24) is 4.98 Å². The van der Waals surface area contributed by atoms with E-state index in [1.807, 2.05) is 4.90 Å². The van der Waals surface area contributed by atoms with Crippen LogP contribution >= 0.6 is 10.2 Å². The fraction of sp³-hybridized carbons (Fsp3) is 0.500. The van der Waals surface area contributed by atoms with Crippen molar-refractivity contribution in [1.29, 1.82) is 5.26 Å². The Kier molecular flexibility index (Phi) is 5.86. The molecule has 0 spiro atoms. The monoisotopic (exact) mass is 562 g/mol. The van der Waals surface area contributed by atoms with Crippen LogP contribution < -0.4 is 10.2 Å². The van der Waals surface area contributed by atoms with E-state index in [4.69, 9.17) is 4.98 Å². The smallest absolute Gasteiger partial charge is 0.310 e. The third-order valence-electron chi connectivity index (χ3n) is 7.66. The van der Waals surface area contributed by atoms with Crippen molar-refractivity contribution in [3.63, 3.8) is 0 Å². The van der Waals surface area contributed by atoms with E-state index >= 15 is 0 Å². The molecule has 202 valence electrons. The lowest BCUT2D eigenvalue weighted by atomic mass is 9.77. The molecule has 0 bridgehead atoms. The van der Waals surface area contributed by atoms with Crippen molar-refractivity contribution in [2.45, 2.75) is 59.8 Å². The summed E-state index contributed by atoms with van der Waals surface area (Å²) in [4.78, 5) is 5.29. The van der Waals surface area contributed by atoms with Crippen LogP contribution in [0.1, 0.15) is 54.8 Å². The Bertz CT molecular complexity index is 1300. The molecule has 1 atom stereocenters. The van der Waals surface area contributed by atoms with Gasteiger partial charge in [0.15, 0.2) is 0 Å². The molecule has 0 unspecified atom stereocenters. The predicted octanol–water partition coefficient (Wildman–Crippen LogP) is 5.99. The third kappa shape index (κ3) is 4.91. The molecule has 3 heterocycles. The van der Waals surface area contributed by atoms with Gasteiger partial charge in [-0.1, -0.05) is 31.6 Å². The summed E-state index contributed by atoms with van der Waals surface area (Å²) in [5, 5.41) is 23.4. The summed E-state index contributed by atoms with van der Waals surface area (Å²) in [6.45, 7) is 0.813. The average molecular weight is 563 g/mol. The van der Waals surface area contributed by atoms with Crippen LogP contribution in [0.15, 0.2) is 34.1 Å². The van der Waals surface area contributed by atoms with Gasteiger partial charge in [-0.05, 0) is 55.7 Å². The Labute approximate surface area is 214 Å². The number of piperidine rings is 1. The van der Waals surface area contributed by atoms with Crippen LogP contribution in [0.5, 0.6) is 0 Å². The second-order valence-electron chi connectivity index (χ2n) is 10.1. The molecule has 2 aliphatic heterocycles. The van der Waals surface area contributed by atoms with Crippen molar-refractivity contribution in [2.24, 2.45) is 0 Å². The first-order chi connectivity index (χ1) is 17.2. The Morgan fingerprint density at radius 1 is 1.16 bits per heavy atom. The molecule has 1 aromatic heterocycles. The zero-order valence-corrected chi connectivity index (χ0v) is 21.5. The van der Waals surface area contributed by atoms with Gasteiger partial charge in [0.05, 0.1) is 39.2 Å². The molecular weight excluding hydrogens is 535 g/mol. The molecule has 6 nitrogen and oxygen atoms in total. The van der Waals surface area contributed by atoms with Gasteiger partial charge in [-0.25, -0.2) is 4.98 Å². The summed E-state index contributed by atoms with van der Waals surface area (Å²) >= 11 is 0. The van der Waals surface area contributed by atoms with E-state index in [-0.39, 0.29) is 18.1 Å². The number of nitrogens with one attached hydrogen (secondary N) is 1. The first-order valence-electron chi connectivity index (χ1n) is 12.1. The van der Waals surface area contributed by atoms with Gasteiger partial charge < -0.3 is 15.3 Å².